The topological polar surface area (TPSA) is 0 Å². The Morgan fingerprint density at radius 1 is 1.19 bits per heavy atom. The lowest BCUT2D eigenvalue weighted by atomic mass is 10.0. The Morgan fingerprint density at radius 3 is 2.44 bits per heavy atom. The Bertz CT molecular complexity index is 259. The molecule has 1 unspecified atom stereocenters. The van der Waals surface area contributed by atoms with E-state index in [4.69, 9.17) is 0 Å². The van der Waals surface area contributed by atoms with Gasteiger partial charge in [0, 0.05) is 5.33 Å². The van der Waals surface area contributed by atoms with Gasteiger partial charge in [-0.1, -0.05) is 65.2 Å². The van der Waals surface area contributed by atoms with Gasteiger partial charge in [0.15, 0.2) is 0 Å². The maximum absolute atomic E-state index is 3.40. The van der Waals surface area contributed by atoms with E-state index >= 15 is 0 Å². The summed E-state index contributed by atoms with van der Waals surface area (Å²) in [7, 11) is 0. The number of hydrogen-bond donors (Lipinski definition) is 0. The fourth-order valence-corrected chi connectivity index (χ4v) is 1.83. The zero-order chi connectivity index (χ0) is 12.4. The highest BCUT2D eigenvalue weighted by atomic mass is 79.9. The summed E-state index contributed by atoms with van der Waals surface area (Å²) in [4.78, 5) is 0. The van der Waals surface area contributed by atoms with Crippen LogP contribution in [0.2, 0.25) is 0 Å². The highest BCUT2D eigenvalue weighted by Crippen LogP contribution is 2.12. The number of hydrogen-bond acceptors (Lipinski definition) is 0. The highest BCUT2D eigenvalue weighted by Gasteiger charge is 1.96. The largest absolute Gasteiger partial charge is 0.0883 e. The Kier molecular flexibility index (Phi) is 9.71. The van der Waals surface area contributed by atoms with Crippen molar-refractivity contribution < 1.29 is 0 Å². The lowest BCUT2D eigenvalue weighted by Gasteiger charge is -2.05. The molecule has 0 saturated heterocycles. The molecule has 0 aromatic carbocycles. The molecule has 0 amide bonds. The van der Waals surface area contributed by atoms with Gasteiger partial charge in [0.25, 0.3) is 0 Å². The van der Waals surface area contributed by atoms with Crippen molar-refractivity contribution in [3.8, 4) is 0 Å². The van der Waals surface area contributed by atoms with Crippen LogP contribution in [0.15, 0.2) is 35.5 Å². The molecule has 16 heavy (non-hydrogen) atoms. The van der Waals surface area contributed by atoms with Gasteiger partial charge in [-0.15, -0.1) is 0 Å². The summed E-state index contributed by atoms with van der Waals surface area (Å²) < 4.78 is 0. The molecule has 0 aliphatic carbocycles. The molecule has 0 aliphatic heterocycles. The third-order valence-electron chi connectivity index (χ3n) is 2.74. The standard InChI is InChI=1S/C15H25Br/c1-5-13(2)9-10-14(3)7-6-8-15(4)11-12-16/h6,8-9,11,14H,5,7,10,12H2,1-4H3/b8-6+,13-9+,15-11+. The molecule has 0 saturated carbocycles. The summed E-state index contributed by atoms with van der Waals surface area (Å²) in [5.41, 5.74) is 2.84. The first-order chi connectivity index (χ1) is 7.60. The van der Waals surface area contributed by atoms with Crippen LogP contribution in [0.4, 0.5) is 0 Å². The van der Waals surface area contributed by atoms with Gasteiger partial charge < -0.3 is 0 Å². The van der Waals surface area contributed by atoms with Crippen LogP contribution >= 0.6 is 15.9 Å². The lowest BCUT2D eigenvalue weighted by Crippen LogP contribution is -1.90. The molecule has 1 atom stereocenters. The Morgan fingerprint density at radius 2 is 1.88 bits per heavy atom. The first kappa shape index (κ1) is 15.7. The van der Waals surface area contributed by atoms with E-state index in [0.717, 1.165) is 11.2 Å². The summed E-state index contributed by atoms with van der Waals surface area (Å²) in [6.07, 6.45) is 12.6. The quantitative estimate of drug-likeness (QED) is 0.322. The van der Waals surface area contributed by atoms with Crippen molar-refractivity contribution in [3.05, 3.63) is 35.5 Å². The molecule has 1 heteroatoms. The Hall–Kier alpha value is -0.300. The van der Waals surface area contributed by atoms with Crippen molar-refractivity contribution in [2.75, 3.05) is 5.33 Å². The molecule has 0 fully saturated rings. The van der Waals surface area contributed by atoms with Gasteiger partial charge in [0.05, 0.1) is 0 Å². The molecule has 0 nitrogen and oxygen atoms in total. The summed E-state index contributed by atoms with van der Waals surface area (Å²) in [5, 5.41) is 0.942. The molecule has 0 bridgehead atoms. The van der Waals surface area contributed by atoms with Crippen molar-refractivity contribution in [2.24, 2.45) is 5.92 Å². The number of rotatable bonds is 7. The molecule has 92 valence electrons. The van der Waals surface area contributed by atoms with Gasteiger partial charge in [-0.3, -0.25) is 0 Å². The van der Waals surface area contributed by atoms with E-state index in [2.05, 4.69) is 67.9 Å². The number of halogens is 1. The third-order valence-corrected chi connectivity index (χ3v) is 3.07. The van der Waals surface area contributed by atoms with Crippen LogP contribution in [-0.2, 0) is 0 Å². The van der Waals surface area contributed by atoms with Crippen LogP contribution in [0.3, 0.4) is 0 Å². The summed E-state index contributed by atoms with van der Waals surface area (Å²) in [5.74, 6) is 0.745. The zero-order valence-electron chi connectivity index (χ0n) is 11.1. The second-order valence-corrected chi connectivity index (χ2v) is 5.13. The molecule has 0 aliphatic rings. The minimum atomic E-state index is 0.745. The molecule has 0 aromatic heterocycles. The van der Waals surface area contributed by atoms with Crippen LogP contribution < -0.4 is 0 Å². The molecular weight excluding hydrogens is 260 g/mol. The van der Waals surface area contributed by atoms with Crippen molar-refractivity contribution in [1.82, 2.24) is 0 Å². The average Bonchev–Trinajstić information content (AvgIpc) is 2.26. The molecule has 0 aromatic rings. The molecule has 0 radical (unpaired) electrons. The zero-order valence-corrected chi connectivity index (χ0v) is 12.7. The molecule has 0 N–H and O–H groups in total. The predicted molar refractivity (Wildman–Crippen MR) is 79.1 cm³/mol. The Balaban J connectivity index is 3.89. The molecule has 0 heterocycles. The minimum Gasteiger partial charge on any atom is -0.0883 e. The van der Waals surface area contributed by atoms with E-state index in [-0.39, 0.29) is 0 Å². The van der Waals surface area contributed by atoms with Crippen molar-refractivity contribution in [3.63, 3.8) is 0 Å². The first-order valence-corrected chi connectivity index (χ1v) is 7.27. The second-order valence-electron chi connectivity index (χ2n) is 4.49. The predicted octanol–water partition coefficient (Wildman–Crippen LogP) is 5.66. The SMILES string of the molecule is CC/C(C)=C/CC(C)C/C=C/C(C)=C/CBr. The van der Waals surface area contributed by atoms with E-state index in [1.54, 1.807) is 0 Å². The van der Waals surface area contributed by atoms with Crippen LogP contribution in [0.1, 0.15) is 47.0 Å². The average molecular weight is 285 g/mol. The van der Waals surface area contributed by atoms with E-state index in [0.29, 0.717) is 0 Å². The molecular formula is C15H25Br. The van der Waals surface area contributed by atoms with Crippen LogP contribution in [0.5, 0.6) is 0 Å². The fourth-order valence-electron chi connectivity index (χ4n) is 1.32. The highest BCUT2D eigenvalue weighted by molar-refractivity contribution is 9.09. The van der Waals surface area contributed by atoms with Crippen LogP contribution in [0.25, 0.3) is 0 Å². The maximum Gasteiger partial charge on any atom is 0.0217 e. The maximum atomic E-state index is 3.40. The summed E-state index contributed by atoms with van der Waals surface area (Å²) >= 11 is 3.40. The first-order valence-electron chi connectivity index (χ1n) is 6.15. The smallest absolute Gasteiger partial charge is 0.0217 e. The van der Waals surface area contributed by atoms with Crippen molar-refractivity contribution >= 4 is 15.9 Å². The van der Waals surface area contributed by atoms with E-state index < -0.39 is 0 Å². The second kappa shape index (κ2) is 9.89. The van der Waals surface area contributed by atoms with Crippen molar-refractivity contribution in [2.45, 2.75) is 47.0 Å². The normalized spacial score (nSPS) is 15.8. The molecule has 0 rings (SSSR count). The van der Waals surface area contributed by atoms with E-state index in [1.165, 1.54) is 30.4 Å². The minimum absolute atomic E-state index is 0.745. The van der Waals surface area contributed by atoms with Gasteiger partial charge >= 0.3 is 0 Å². The van der Waals surface area contributed by atoms with Crippen LogP contribution in [-0.4, -0.2) is 5.33 Å². The summed E-state index contributed by atoms with van der Waals surface area (Å²) in [6, 6.07) is 0. The van der Waals surface area contributed by atoms with Gasteiger partial charge in [0.1, 0.15) is 0 Å². The monoisotopic (exact) mass is 284 g/mol. The molecule has 0 spiro atoms. The van der Waals surface area contributed by atoms with Gasteiger partial charge in [-0.2, -0.15) is 0 Å². The number of allylic oxidation sites excluding steroid dienone is 6. The van der Waals surface area contributed by atoms with Crippen molar-refractivity contribution in [1.29, 1.82) is 0 Å². The van der Waals surface area contributed by atoms with Gasteiger partial charge in [-0.05, 0) is 39.0 Å². The number of alkyl halides is 1. The van der Waals surface area contributed by atoms with E-state index in [9.17, 15) is 0 Å². The third kappa shape index (κ3) is 8.96. The lowest BCUT2D eigenvalue weighted by molar-refractivity contribution is 0.600. The Labute approximate surface area is 110 Å². The van der Waals surface area contributed by atoms with Gasteiger partial charge in [-0.25, -0.2) is 0 Å². The van der Waals surface area contributed by atoms with Gasteiger partial charge in [0.2, 0.25) is 0 Å². The van der Waals surface area contributed by atoms with Crippen LogP contribution in [0, 0.1) is 5.92 Å². The summed E-state index contributed by atoms with van der Waals surface area (Å²) in [6.45, 7) is 8.88. The fraction of sp³-hybridized carbons (Fsp3) is 0.600. The van der Waals surface area contributed by atoms with E-state index in [1.807, 2.05) is 0 Å².